The molecule has 0 aromatic heterocycles. The number of rotatable bonds is 5. The van der Waals surface area contributed by atoms with Crippen molar-refractivity contribution in [1.29, 1.82) is 0 Å². The first-order valence-electron chi connectivity index (χ1n) is 3.92. The lowest BCUT2D eigenvalue weighted by Gasteiger charge is -1.99. The molecular weight excluding hydrogens is 124 g/mol. The van der Waals surface area contributed by atoms with E-state index in [0.29, 0.717) is 0 Å². The quantitative estimate of drug-likeness (QED) is 0.423. The highest BCUT2D eigenvalue weighted by Crippen LogP contribution is 2.05. The van der Waals surface area contributed by atoms with Gasteiger partial charge in [0.2, 0.25) is 0 Å². The molecule has 0 spiro atoms. The van der Waals surface area contributed by atoms with Crippen LogP contribution in [0, 0.1) is 0 Å². The van der Waals surface area contributed by atoms with Gasteiger partial charge in [0.15, 0.2) is 0 Å². The van der Waals surface area contributed by atoms with E-state index in [4.69, 9.17) is 4.74 Å². The third-order valence-electron chi connectivity index (χ3n) is 1.66. The van der Waals surface area contributed by atoms with Crippen LogP contribution in [0.15, 0.2) is 11.6 Å². The molecule has 0 aromatic rings. The molecule has 0 aromatic carbocycles. The Balaban J connectivity index is 3.04. The molecule has 0 rings (SSSR count). The van der Waals surface area contributed by atoms with Crippen molar-refractivity contribution in [2.24, 2.45) is 0 Å². The van der Waals surface area contributed by atoms with Crippen LogP contribution in [0.4, 0.5) is 0 Å². The lowest BCUT2D eigenvalue weighted by atomic mass is 10.1. The second kappa shape index (κ2) is 6.81. The third-order valence-corrected chi connectivity index (χ3v) is 1.66. The standard InChI is InChI=1S/C9H18O/c1-4-9(2)7-5-6-8-10-3/h4H,5-8H2,1-3H3/b9-4+. The Kier molecular flexibility index (Phi) is 6.61. The van der Waals surface area contributed by atoms with Gasteiger partial charge in [0, 0.05) is 13.7 Å². The maximum atomic E-state index is 4.94. The Labute approximate surface area is 64.1 Å². The zero-order valence-corrected chi connectivity index (χ0v) is 7.31. The molecule has 60 valence electrons. The van der Waals surface area contributed by atoms with Gasteiger partial charge < -0.3 is 4.74 Å². The lowest BCUT2D eigenvalue weighted by molar-refractivity contribution is 0.193. The highest BCUT2D eigenvalue weighted by atomic mass is 16.5. The van der Waals surface area contributed by atoms with Gasteiger partial charge in [-0.2, -0.15) is 0 Å². The van der Waals surface area contributed by atoms with Gasteiger partial charge in [-0.3, -0.25) is 0 Å². The number of unbranched alkanes of at least 4 members (excludes halogenated alkanes) is 1. The molecule has 1 heteroatoms. The van der Waals surface area contributed by atoms with E-state index in [-0.39, 0.29) is 0 Å². The number of ether oxygens (including phenoxy) is 1. The fraction of sp³-hybridized carbons (Fsp3) is 0.778. The molecule has 0 radical (unpaired) electrons. The van der Waals surface area contributed by atoms with Gasteiger partial charge >= 0.3 is 0 Å². The summed E-state index contributed by atoms with van der Waals surface area (Å²) in [6.07, 6.45) is 5.83. The first-order chi connectivity index (χ1) is 4.81. The monoisotopic (exact) mass is 142 g/mol. The van der Waals surface area contributed by atoms with Crippen molar-refractivity contribution in [2.45, 2.75) is 33.1 Å². The van der Waals surface area contributed by atoms with Crippen LogP contribution in [0.5, 0.6) is 0 Å². The van der Waals surface area contributed by atoms with Gasteiger partial charge in [-0.15, -0.1) is 0 Å². The van der Waals surface area contributed by atoms with Crippen LogP contribution < -0.4 is 0 Å². The predicted octanol–water partition coefficient (Wildman–Crippen LogP) is 2.77. The predicted molar refractivity (Wildman–Crippen MR) is 45.2 cm³/mol. The smallest absolute Gasteiger partial charge is 0.0462 e. The van der Waals surface area contributed by atoms with Gasteiger partial charge in [0.1, 0.15) is 0 Å². The van der Waals surface area contributed by atoms with Crippen molar-refractivity contribution >= 4 is 0 Å². The highest BCUT2D eigenvalue weighted by molar-refractivity contribution is 4.94. The fourth-order valence-corrected chi connectivity index (χ4v) is 0.795. The van der Waals surface area contributed by atoms with E-state index in [1.165, 1.54) is 24.8 Å². The second-order valence-corrected chi connectivity index (χ2v) is 2.58. The molecule has 0 N–H and O–H groups in total. The minimum Gasteiger partial charge on any atom is -0.385 e. The van der Waals surface area contributed by atoms with Gasteiger partial charge in [0.05, 0.1) is 0 Å². The highest BCUT2D eigenvalue weighted by Gasteiger charge is 1.88. The Morgan fingerprint density at radius 2 is 2.10 bits per heavy atom. The molecule has 1 nitrogen and oxygen atoms in total. The van der Waals surface area contributed by atoms with Crippen LogP contribution in [-0.2, 0) is 4.74 Å². The molecule has 0 saturated heterocycles. The minimum absolute atomic E-state index is 0.900. The largest absolute Gasteiger partial charge is 0.385 e. The molecule has 0 amide bonds. The first kappa shape index (κ1) is 9.70. The van der Waals surface area contributed by atoms with Crippen LogP contribution in [-0.4, -0.2) is 13.7 Å². The van der Waals surface area contributed by atoms with Crippen LogP contribution in [0.3, 0.4) is 0 Å². The topological polar surface area (TPSA) is 9.23 Å². The molecule has 0 aliphatic heterocycles. The summed E-state index contributed by atoms with van der Waals surface area (Å²) < 4.78 is 4.94. The summed E-state index contributed by atoms with van der Waals surface area (Å²) in [6, 6.07) is 0. The van der Waals surface area contributed by atoms with E-state index in [1.807, 2.05) is 0 Å². The molecule has 0 saturated carbocycles. The molecule has 0 heterocycles. The Morgan fingerprint density at radius 3 is 2.60 bits per heavy atom. The van der Waals surface area contributed by atoms with E-state index >= 15 is 0 Å². The van der Waals surface area contributed by atoms with E-state index in [2.05, 4.69) is 19.9 Å². The van der Waals surface area contributed by atoms with Crippen LogP contribution >= 0.6 is 0 Å². The molecule has 10 heavy (non-hydrogen) atoms. The maximum absolute atomic E-state index is 4.94. The van der Waals surface area contributed by atoms with Crippen LogP contribution in [0.25, 0.3) is 0 Å². The molecule has 0 aliphatic carbocycles. The number of hydrogen-bond acceptors (Lipinski definition) is 1. The molecule has 0 bridgehead atoms. The third kappa shape index (κ3) is 5.83. The molecule has 0 aliphatic rings. The lowest BCUT2D eigenvalue weighted by Crippen LogP contribution is -1.88. The summed E-state index contributed by atoms with van der Waals surface area (Å²) in [5, 5.41) is 0. The first-order valence-corrected chi connectivity index (χ1v) is 3.92. The molecule has 0 atom stereocenters. The number of allylic oxidation sites excluding steroid dienone is 2. The summed E-state index contributed by atoms with van der Waals surface area (Å²) in [5.41, 5.74) is 1.48. The van der Waals surface area contributed by atoms with Crippen molar-refractivity contribution < 1.29 is 4.74 Å². The van der Waals surface area contributed by atoms with Gasteiger partial charge in [0.25, 0.3) is 0 Å². The number of methoxy groups -OCH3 is 1. The molecule has 0 unspecified atom stereocenters. The van der Waals surface area contributed by atoms with Crippen LogP contribution in [0.1, 0.15) is 33.1 Å². The van der Waals surface area contributed by atoms with Crippen molar-refractivity contribution in [3.05, 3.63) is 11.6 Å². The van der Waals surface area contributed by atoms with Crippen molar-refractivity contribution in [3.8, 4) is 0 Å². The van der Waals surface area contributed by atoms with E-state index in [0.717, 1.165) is 6.61 Å². The summed E-state index contributed by atoms with van der Waals surface area (Å²) in [6.45, 7) is 5.16. The van der Waals surface area contributed by atoms with Crippen molar-refractivity contribution in [3.63, 3.8) is 0 Å². The zero-order chi connectivity index (χ0) is 7.82. The maximum Gasteiger partial charge on any atom is 0.0462 e. The molecule has 0 fully saturated rings. The van der Waals surface area contributed by atoms with Crippen molar-refractivity contribution in [2.75, 3.05) is 13.7 Å². The van der Waals surface area contributed by atoms with E-state index < -0.39 is 0 Å². The Hall–Kier alpha value is -0.300. The average molecular weight is 142 g/mol. The van der Waals surface area contributed by atoms with Crippen LogP contribution in [0.2, 0.25) is 0 Å². The zero-order valence-electron chi connectivity index (χ0n) is 7.31. The van der Waals surface area contributed by atoms with Gasteiger partial charge in [-0.05, 0) is 33.1 Å². The molecular formula is C9H18O. The van der Waals surface area contributed by atoms with E-state index in [1.54, 1.807) is 7.11 Å². The Morgan fingerprint density at radius 1 is 1.40 bits per heavy atom. The summed E-state index contributed by atoms with van der Waals surface area (Å²) >= 11 is 0. The normalized spacial score (nSPS) is 12.1. The van der Waals surface area contributed by atoms with Gasteiger partial charge in [-0.1, -0.05) is 11.6 Å². The van der Waals surface area contributed by atoms with Crippen molar-refractivity contribution in [1.82, 2.24) is 0 Å². The second-order valence-electron chi connectivity index (χ2n) is 2.58. The summed E-state index contributed by atoms with van der Waals surface area (Å²) in [5.74, 6) is 0. The Bertz CT molecular complexity index is 94.9. The summed E-state index contributed by atoms with van der Waals surface area (Å²) in [4.78, 5) is 0. The minimum atomic E-state index is 0.900. The van der Waals surface area contributed by atoms with Gasteiger partial charge in [-0.25, -0.2) is 0 Å². The van der Waals surface area contributed by atoms with E-state index in [9.17, 15) is 0 Å². The SMILES string of the molecule is C/C=C(\C)CCCCOC. The fourth-order valence-electron chi connectivity index (χ4n) is 0.795. The summed E-state index contributed by atoms with van der Waals surface area (Å²) in [7, 11) is 1.75. The average Bonchev–Trinajstić information content (AvgIpc) is 1.98. The number of hydrogen-bond donors (Lipinski definition) is 0.